The summed E-state index contributed by atoms with van der Waals surface area (Å²) in [6, 6.07) is 13.5. The van der Waals surface area contributed by atoms with Gasteiger partial charge in [0.2, 0.25) is 0 Å². The SMILES string of the molecule is COc1cccc(/C=C/NC(=O)N2CCN(c3ccccn3)CC2)c1. The van der Waals surface area contributed by atoms with E-state index < -0.39 is 0 Å². The summed E-state index contributed by atoms with van der Waals surface area (Å²) in [6.07, 6.45) is 5.31. The van der Waals surface area contributed by atoms with Crippen LogP contribution in [0.3, 0.4) is 0 Å². The van der Waals surface area contributed by atoms with E-state index in [4.69, 9.17) is 4.74 Å². The second-order valence-corrected chi connectivity index (χ2v) is 5.72. The van der Waals surface area contributed by atoms with Crippen molar-refractivity contribution in [3.8, 4) is 5.75 Å². The van der Waals surface area contributed by atoms with Crippen molar-refractivity contribution in [2.24, 2.45) is 0 Å². The summed E-state index contributed by atoms with van der Waals surface area (Å²) >= 11 is 0. The van der Waals surface area contributed by atoms with Gasteiger partial charge in [-0.15, -0.1) is 0 Å². The minimum atomic E-state index is -0.0835. The third-order valence-electron chi connectivity index (χ3n) is 4.12. The molecule has 0 spiro atoms. The maximum absolute atomic E-state index is 12.3. The van der Waals surface area contributed by atoms with Crippen LogP contribution in [-0.2, 0) is 0 Å². The van der Waals surface area contributed by atoms with Crippen molar-refractivity contribution in [2.75, 3.05) is 38.2 Å². The number of urea groups is 1. The zero-order chi connectivity index (χ0) is 17.5. The van der Waals surface area contributed by atoms with Crippen LogP contribution in [0, 0.1) is 0 Å². The Hall–Kier alpha value is -3.02. The fourth-order valence-electron chi connectivity index (χ4n) is 2.73. The molecule has 0 bridgehead atoms. The van der Waals surface area contributed by atoms with Crippen LogP contribution in [0.15, 0.2) is 54.9 Å². The predicted octanol–water partition coefficient (Wildman–Crippen LogP) is 2.59. The molecule has 3 rings (SSSR count). The molecular weight excluding hydrogens is 316 g/mol. The molecule has 1 aliphatic rings. The highest BCUT2D eigenvalue weighted by molar-refractivity contribution is 5.76. The second-order valence-electron chi connectivity index (χ2n) is 5.72. The number of anilines is 1. The summed E-state index contributed by atoms with van der Waals surface area (Å²) in [5, 5.41) is 2.82. The molecule has 0 radical (unpaired) electrons. The third kappa shape index (κ3) is 4.50. The number of pyridine rings is 1. The number of methoxy groups -OCH3 is 1. The molecule has 25 heavy (non-hydrogen) atoms. The summed E-state index contributed by atoms with van der Waals surface area (Å²) in [7, 11) is 1.63. The Balaban J connectivity index is 1.48. The number of amides is 2. The van der Waals surface area contributed by atoms with E-state index in [0.717, 1.165) is 30.2 Å². The number of piperazine rings is 1. The highest BCUT2D eigenvalue weighted by atomic mass is 16.5. The molecule has 1 aromatic carbocycles. The maximum Gasteiger partial charge on any atom is 0.321 e. The van der Waals surface area contributed by atoms with Gasteiger partial charge >= 0.3 is 6.03 Å². The molecule has 1 fully saturated rings. The van der Waals surface area contributed by atoms with Crippen LogP contribution in [0.1, 0.15) is 5.56 Å². The number of carbonyl (C=O) groups is 1. The van der Waals surface area contributed by atoms with Crippen molar-refractivity contribution in [3.63, 3.8) is 0 Å². The van der Waals surface area contributed by atoms with Gasteiger partial charge in [0.1, 0.15) is 11.6 Å². The van der Waals surface area contributed by atoms with E-state index in [0.29, 0.717) is 13.1 Å². The number of carbonyl (C=O) groups excluding carboxylic acids is 1. The Bertz CT molecular complexity index is 725. The van der Waals surface area contributed by atoms with E-state index in [1.807, 2.05) is 53.4 Å². The smallest absolute Gasteiger partial charge is 0.321 e. The molecule has 1 N–H and O–H groups in total. The minimum absolute atomic E-state index is 0.0835. The first-order valence-electron chi connectivity index (χ1n) is 8.28. The van der Waals surface area contributed by atoms with Crippen molar-refractivity contribution in [1.82, 2.24) is 15.2 Å². The Labute approximate surface area is 147 Å². The zero-order valence-electron chi connectivity index (χ0n) is 14.3. The fraction of sp³-hybridized carbons (Fsp3) is 0.263. The lowest BCUT2D eigenvalue weighted by Gasteiger charge is -2.35. The predicted molar refractivity (Wildman–Crippen MR) is 98.6 cm³/mol. The molecule has 0 atom stereocenters. The lowest BCUT2D eigenvalue weighted by molar-refractivity contribution is 0.198. The standard InChI is InChI=1S/C19H22N4O2/c1-25-17-6-4-5-16(15-17)8-10-21-19(24)23-13-11-22(12-14-23)18-7-2-3-9-20-18/h2-10,15H,11-14H2,1H3,(H,21,24)/b10-8+. The van der Waals surface area contributed by atoms with Crippen molar-refractivity contribution in [1.29, 1.82) is 0 Å². The van der Waals surface area contributed by atoms with E-state index in [1.54, 1.807) is 19.5 Å². The van der Waals surface area contributed by atoms with Gasteiger partial charge in [0, 0.05) is 38.6 Å². The monoisotopic (exact) mass is 338 g/mol. The molecular formula is C19H22N4O2. The first-order chi connectivity index (χ1) is 12.3. The number of rotatable bonds is 4. The Morgan fingerprint density at radius 3 is 2.72 bits per heavy atom. The molecule has 6 nitrogen and oxygen atoms in total. The minimum Gasteiger partial charge on any atom is -0.497 e. The van der Waals surface area contributed by atoms with Gasteiger partial charge in [-0.1, -0.05) is 18.2 Å². The summed E-state index contributed by atoms with van der Waals surface area (Å²) < 4.78 is 5.18. The Morgan fingerprint density at radius 1 is 1.16 bits per heavy atom. The molecule has 0 saturated carbocycles. The number of ether oxygens (including phenoxy) is 1. The largest absolute Gasteiger partial charge is 0.497 e. The van der Waals surface area contributed by atoms with Crippen LogP contribution in [0.25, 0.3) is 6.08 Å². The van der Waals surface area contributed by atoms with Crippen molar-refractivity contribution >= 4 is 17.9 Å². The highest BCUT2D eigenvalue weighted by Crippen LogP contribution is 2.14. The summed E-state index contributed by atoms with van der Waals surface area (Å²) in [5.74, 6) is 1.75. The van der Waals surface area contributed by atoms with Gasteiger partial charge in [0.05, 0.1) is 7.11 Å². The van der Waals surface area contributed by atoms with E-state index in [9.17, 15) is 4.79 Å². The second kappa shape index (κ2) is 8.19. The number of nitrogens with zero attached hydrogens (tertiary/aromatic N) is 3. The third-order valence-corrected chi connectivity index (χ3v) is 4.12. The van der Waals surface area contributed by atoms with Gasteiger partial charge in [-0.25, -0.2) is 9.78 Å². The van der Waals surface area contributed by atoms with Crippen LogP contribution in [0.4, 0.5) is 10.6 Å². The van der Waals surface area contributed by atoms with Crippen LogP contribution in [0.5, 0.6) is 5.75 Å². The Kier molecular flexibility index (Phi) is 5.51. The maximum atomic E-state index is 12.3. The molecule has 2 amide bonds. The van der Waals surface area contributed by atoms with Crippen LogP contribution < -0.4 is 15.0 Å². The molecule has 130 valence electrons. The molecule has 1 aliphatic heterocycles. The summed E-state index contributed by atoms with van der Waals surface area (Å²) in [6.45, 7) is 2.92. The van der Waals surface area contributed by atoms with Gasteiger partial charge in [-0.3, -0.25) is 0 Å². The highest BCUT2D eigenvalue weighted by Gasteiger charge is 2.20. The lowest BCUT2D eigenvalue weighted by Crippen LogP contribution is -2.51. The van der Waals surface area contributed by atoms with Gasteiger partial charge in [0.25, 0.3) is 0 Å². The van der Waals surface area contributed by atoms with Gasteiger partial charge < -0.3 is 19.9 Å². The normalized spacial score (nSPS) is 14.6. The molecule has 0 unspecified atom stereocenters. The van der Waals surface area contributed by atoms with E-state index >= 15 is 0 Å². The van der Waals surface area contributed by atoms with Crippen LogP contribution >= 0.6 is 0 Å². The average molecular weight is 338 g/mol. The molecule has 1 saturated heterocycles. The number of hydrogen-bond donors (Lipinski definition) is 1. The van der Waals surface area contributed by atoms with Crippen LogP contribution in [0.2, 0.25) is 0 Å². The topological polar surface area (TPSA) is 57.7 Å². The fourth-order valence-corrected chi connectivity index (χ4v) is 2.73. The lowest BCUT2D eigenvalue weighted by atomic mass is 10.2. The molecule has 2 heterocycles. The zero-order valence-corrected chi connectivity index (χ0v) is 14.3. The molecule has 6 heteroatoms. The van der Waals surface area contributed by atoms with Crippen molar-refractivity contribution in [2.45, 2.75) is 0 Å². The first kappa shape index (κ1) is 16.8. The number of benzene rings is 1. The average Bonchev–Trinajstić information content (AvgIpc) is 2.69. The molecule has 1 aromatic heterocycles. The molecule has 0 aliphatic carbocycles. The summed E-state index contributed by atoms with van der Waals surface area (Å²) in [5.41, 5.74) is 0.972. The first-order valence-corrected chi connectivity index (χ1v) is 8.28. The van der Waals surface area contributed by atoms with Gasteiger partial charge in [-0.05, 0) is 35.9 Å². The van der Waals surface area contributed by atoms with E-state index in [2.05, 4.69) is 15.2 Å². The van der Waals surface area contributed by atoms with Crippen molar-refractivity contribution < 1.29 is 9.53 Å². The molecule has 2 aromatic rings. The quantitative estimate of drug-likeness (QED) is 0.931. The number of hydrogen-bond acceptors (Lipinski definition) is 4. The van der Waals surface area contributed by atoms with E-state index in [-0.39, 0.29) is 6.03 Å². The Morgan fingerprint density at radius 2 is 2.00 bits per heavy atom. The van der Waals surface area contributed by atoms with Gasteiger partial charge in [-0.2, -0.15) is 0 Å². The summed E-state index contributed by atoms with van der Waals surface area (Å²) in [4.78, 5) is 20.6. The van der Waals surface area contributed by atoms with Gasteiger partial charge in [0.15, 0.2) is 0 Å². The van der Waals surface area contributed by atoms with E-state index in [1.165, 1.54) is 0 Å². The number of aromatic nitrogens is 1. The van der Waals surface area contributed by atoms with Crippen LogP contribution in [-0.4, -0.2) is 49.2 Å². The number of nitrogens with one attached hydrogen (secondary N) is 1. The van der Waals surface area contributed by atoms with Crippen molar-refractivity contribution in [3.05, 3.63) is 60.4 Å².